The fourth-order valence-corrected chi connectivity index (χ4v) is 4.02. The Kier molecular flexibility index (Phi) is 5.31. The summed E-state index contributed by atoms with van der Waals surface area (Å²) >= 11 is 1.65. The Labute approximate surface area is 162 Å². The van der Waals surface area contributed by atoms with Gasteiger partial charge in [0.1, 0.15) is 17.7 Å². The van der Waals surface area contributed by atoms with Crippen LogP contribution in [0.1, 0.15) is 24.0 Å². The van der Waals surface area contributed by atoms with Gasteiger partial charge < -0.3 is 20.8 Å². The third-order valence-electron chi connectivity index (χ3n) is 4.63. The Bertz CT molecular complexity index is 948. The molecule has 0 atom stereocenters. The van der Waals surface area contributed by atoms with Crippen LogP contribution in [-0.2, 0) is 5.75 Å². The summed E-state index contributed by atoms with van der Waals surface area (Å²) in [5.41, 5.74) is 9.24. The molecule has 4 rings (SSSR count). The second-order valence-corrected chi connectivity index (χ2v) is 7.65. The number of aromatic nitrogens is 2. The first-order chi connectivity index (χ1) is 13.2. The lowest BCUT2D eigenvalue weighted by atomic mass is 10.1. The van der Waals surface area contributed by atoms with E-state index in [4.69, 9.17) is 15.9 Å². The number of benzene rings is 2. The fourth-order valence-electron chi connectivity index (χ4n) is 3.19. The van der Waals surface area contributed by atoms with Crippen molar-refractivity contribution in [1.82, 2.24) is 15.3 Å². The minimum Gasteiger partial charge on any atom is -0.490 e. The number of rotatable bonds is 6. The van der Waals surface area contributed by atoms with Crippen LogP contribution < -0.4 is 15.8 Å². The van der Waals surface area contributed by atoms with Crippen LogP contribution in [0.5, 0.6) is 5.75 Å². The largest absolute Gasteiger partial charge is 0.490 e. The normalized spacial score (nSPS) is 15.1. The van der Waals surface area contributed by atoms with Crippen molar-refractivity contribution in [3.63, 3.8) is 0 Å². The molecule has 1 fully saturated rings. The lowest BCUT2D eigenvalue weighted by Gasteiger charge is -2.24. The average molecular weight is 382 g/mol. The monoisotopic (exact) mass is 381 g/mol. The third kappa shape index (κ3) is 4.43. The van der Waals surface area contributed by atoms with E-state index in [1.165, 1.54) is 5.56 Å². The van der Waals surface area contributed by atoms with E-state index in [1.54, 1.807) is 11.8 Å². The number of amidine groups is 1. The maximum absolute atomic E-state index is 7.55. The molecule has 0 spiro atoms. The highest BCUT2D eigenvalue weighted by atomic mass is 32.2. The van der Waals surface area contributed by atoms with Crippen molar-refractivity contribution in [2.24, 2.45) is 5.73 Å². The van der Waals surface area contributed by atoms with Crippen LogP contribution >= 0.6 is 11.8 Å². The van der Waals surface area contributed by atoms with E-state index in [-0.39, 0.29) is 5.84 Å². The summed E-state index contributed by atoms with van der Waals surface area (Å²) in [6.45, 7) is 2.05. The number of imidazole rings is 1. The Morgan fingerprint density at radius 3 is 2.89 bits per heavy atom. The van der Waals surface area contributed by atoms with Crippen LogP contribution in [0.15, 0.2) is 47.6 Å². The lowest BCUT2D eigenvalue weighted by molar-refractivity contribution is 0.162. The predicted molar refractivity (Wildman–Crippen MR) is 110 cm³/mol. The van der Waals surface area contributed by atoms with Gasteiger partial charge in [0.05, 0.1) is 11.0 Å². The summed E-state index contributed by atoms with van der Waals surface area (Å²) < 4.78 is 6.13. The number of hydrogen-bond acceptors (Lipinski definition) is 5. The quantitative estimate of drug-likeness (QED) is 0.298. The van der Waals surface area contributed by atoms with E-state index >= 15 is 0 Å². The molecule has 1 saturated heterocycles. The van der Waals surface area contributed by atoms with Crippen LogP contribution in [0.2, 0.25) is 0 Å². The second-order valence-electron chi connectivity index (χ2n) is 6.69. The van der Waals surface area contributed by atoms with Gasteiger partial charge in [-0.25, -0.2) is 4.98 Å². The SMILES string of the molecule is N=C(N)c1ccc2nc(SCc3cccc(OC4CCNCC4)c3)[nH]c2c1. The number of H-pyrrole nitrogens is 1. The summed E-state index contributed by atoms with van der Waals surface area (Å²) in [5.74, 6) is 1.81. The number of thioether (sulfide) groups is 1. The number of ether oxygens (including phenoxy) is 1. The first-order valence-electron chi connectivity index (χ1n) is 9.11. The number of piperidine rings is 1. The summed E-state index contributed by atoms with van der Waals surface area (Å²) in [4.78, 5) is 7.90. The van der Waals surface area contributed by atoms with Gasteiger partial charge in [0, 0.05) is 11.3 Å². The van der Waals surface area contributed by atoms with Crippen LogP contribution in [-0.4, -0.2) is 35.0 Å². The molecule has 0 saturated carbocycles. The number of nitrogen functional groups attached to an aromatic ring is 1. The molecule has 140 valence electrons. The zero-order chi connectivity index (χ0) is 18.6. The zero-order valence-corrected chi connectivity index (χ0v) is 15.8. The van der Waals surface area contributed by atoms with Crippen LogP contribution in [0.4, 0.5) is 0 Å². The Morgan fingerprint density at radius 1 is 1.22 bits per heavy atom. The van der Waals surface area contributed by atoms with Crippen molar-refractivity contribution >= 4 is 28.6 Å². The van der Waals surface area contributed by atoms with Crippen LogP contribution in [0.25, 0.3) is 11.0 Å². The molecular formula is C20H23N5OS. The van der Waals surface area contributed by atoms with Crippen molar-refractivity contribution in [3.05, 3.63) is 53.6 Å². The summed E-state index contributed by atoms with van der Waals surface area (Å²) in [6.07, 6.45) is 2.42. The first-order valence-corrected chi connectivity index (χ1v) is 10.1. The van der Waals surface area contributed by atoms with E-state index < -0.39 is 0 Å². The molecule has 0 aliphatic carbocycles. The lowest BCUT2D eigenvalue weighted by Crippen LogP contribution is -2.34. The number of nitrogens with two attached hydrogens (primary N) is 1. The van der Waals surface area contributed by atoms with E-state index in [0.717, 1.165) is 53.6 Å². The number of hydrogen-bond donors (Lipinski definition) is 4. The van der Waals surface area contributed by atoms with E-state index in [2.05, 4.69) is 27.4 Å². The summed E-state index contributed by atoms with van der Waals surface area (Å²) in [6, 6.07) is 13.9. The van der Waals surface area contributed by atoms with Gasteiger partial charge in [0.2, 0.25) is 0 Å². The highest BCUT2D eigenvalue weighted by Crippen LogP contribution is 2.26. The molecular weight excluding hydrogens is 358 g/mol. The molecule has 3 aromatic rings. The summed E-state index contributed by atoms with van der Waals surface area (Å²) in [5, 5.41) is 11.8. The van der Waals surface area contributed by atoms with Crippen molar-refractivity contribution in [2.45, 2.75) is 29.9 Å². The molecule has 5 N–H and O–H groups in total. The van der Waals surface area contributed by atoms with Crippen molar-refractivity contribution < 1.29 is 4.74 Å². The molecule has 1 aliphatic heterocycles. The number of aromatic amines is 1. The minimum atomic E-state index is 0.0614. The highest BCUT2D eigenvalue weighted by molar-refractivity contribution is 7.98. The molecule has 0 amide bonds. The highest BCUT2D eigenvalue weighted by Gasteiger charge is 2.14. The molecule has 1 aromatic heterocycles. The van der Waals surface area contributed by atoms with Gasteiger partial charge >= 0.3 is 0 Å². The molecule has 7 heteroatoms. The van der Waals surface area contributed by atoms with Gasteiger partial charge in [-0.05, 0) is 61.8 Å². The second kappa shape index (κ2) is 8.02. The third-order valence-corrected chi connectivity index (χ3v) is 5.58. The van der Waals surface area contributed by atoms with E-state index in [9.17, 15) is 0 Å². The van der Waals surface area contributed by atoms with Gasteiger partial charge in [0.25, 0.3) is 0 Å². The Hall–Kier alpha value is -2.51. The molecule has 1 aliphatic rings. The van der Waals surface area contributed by atoms with E-state index in [0.29, 0.717) is 11.7 Å². The van der Waals surface area contributed by atoms with Gasteiger partial charge in [0.15, 0.2) is 5.16 Å². The van der Waals surface area contributed by atoms with Crippen LogP contribution in [0.3, 0.4) is 0 Å². The van der Waals surface area contributed by atoms with Gasteiger partial charge in [-0.15, -0.1) is 0 Å². The number of nitrogens with one attached hydrogen (secondary N) is 3. The maximum atomic E-state index is 7.55. The van der Waals surface area contributed by atoms with Crippen molar-refractivity contribution in [1.29, 1.82) is 5.41 Å². The standard InChI is InChI=1S/C20H23N5OS/c21-19(22)14-4-5-17-18(11-14)25-20(24-17)27-12-13-2-1-3-16(10-13)26-15-6-8-23-9-7-15/h1-5,10-11,15,23H,6-9,12H2,(H3,21,22)(H,24,25). The number of nitrogens with zero attached hydrogens (tertiary/aromatic N) is 1. The van der Waals surface area contributed by atoms with Gasteiger partial charge in [-0.2, -0.15) is 0 Å². The topological polar surface area (TPSA) is 99.8 Å². The predicted octanol–water partition coefficient (Wildman–Crippen LogP) is 3.27. The molecule has 0 bridgehead atoms. The van der Waals surface area contributed by atoms with Gasteiger partial charge in [-0.3, -0.25) is 5.41 Å². The summed E-state index contributed by atoms with van der Waals surface area (Å²) in [7, 11) is 0. The van der Waals surface area contributed by atoms with Crippen LogP contribution in [0, 0.1) is 5.41 Å². The Morgan fingerprint density at radius 2 is 2.07 bits per heavy atom. The molecule has 0 radical (unpaired) electrons. The Balaban J connectivity index is 1.41. The van der Waals surface area contributed by atoms with E-state index in [1.807, 2.05) is 30.3 Å². The maximum Gasteiger partial charge on any atom is 0.166 e. The number of fused-ring (bicyclic) bond motifs is 1. The van der Waals surface area contributed by atoms with Crippen molar-refractivity contribution in [2.75, 3.05) is 13.1 Å². The molecule has 27 heavy (non-hydrogen) atoms. The molecule has 0 unspecified atom stereocenters. The molecule has 2 heterocycles. The zero-order valence-electron chi connectivity index (χ0n) is 15.0. The average Bonchev–Trinajstić information content (AvgIpc) is 3.09. The van der Waals surface area contributed by atoms with Crippen molar-refractivity contribution in [3.8, 4) is 5.75 Å². The fraction of sp³-hybridized carbons (Fsp3) is 0.300. The minimum absolute atomic E-state index is 0.0614. The van der Waals surface area contributed by atoms with Gasteiger partial charge in [-0.1, -0.05) is 23.9 Å². The molecule has 2 aromatic carbocycles. The smallest absolute Gasteiger partial charge is 0.166 e. The molecule has 6 nitrogen and oxygen atoms in total. The first kappa shape index (κ1) is 17.9.